The van der Waals surface area contributed by atoms with Crippen molar-refractivity contribution in [2.45, 2.75) is 6.92 Å². The van der Waals surface area contributed by atoms with Crippen molar-refractivity contribution in [3.05, 3.63) is 30.2 Å². The maximum absolute atomic E-state index is 5.21. The molecule has 88 valence electrons. The smallest absolute Gasteiger partial charge is 0.319 e. The Bertz CT molecular complexity index is 512. The van der Waals surface area contributed by atoms with Crippen LogP contribution in [0.25, 0.3) is 11.1 Å². The zero-order valence-corrected chi connectivity index (χ0v) is 9.97. The van der Waals surface area contributed by atoms with E-state index < -0.39 is 0 Å². The first-order valence-corrected chi connectivity index (χ1v) is 5.12. The fraction of sp³-hybridized carbons (Fsp3) is 0.250. The van der Waals surface area contributed by atoms with Crippen LogP contribution in [0.4, 0.5) is 0 Å². The van der Waals surface area contributed by atoms with Gasteiger partial charge in [0.25, 0.3) is 0 Å². The van der Waals surface area contributed by atoms with Crippen molar-refractivity contribution in [3.8, 4) is 23.0 Å². The van der Waals surface area contributed by atoms with Gasteiger partial charge in [0.15, 0.2) is 0 Å². The number of aryl methyl sites for hydroxylation is 1. The molecule has 17 heavy (non-hydrogen) atoms. The molecule has 5 heteroatoms. The Morgan fingerprint density at radius 3 is 2.41 bits per heavy atom. The summed E-state index contributed by atoms with van der Waals surface area (Å²) in [6.45, 7) is 1.94. The van der Waals surface area contributed by atoms with Crippen LogP contribution in [0.1, 0.15) is 5.69 Å². The average molecular weight is 231 g/mol. The highest BCUT2D eigenvalue weighted by Gasteiger charge is 2.10. The zero-order chi connectivity index (χ0) is 12.3. The van der Waals surface area contributed by atoms with E-state index in [1.807, 2.05) is 19.1 Å². The monoisotopic (exact) mass is 231 g/mol. The molecular formula is C12H13N3O2. The van der Waals surface area contributed by atoms with Crippen molar-refractivity contribution in [3.63, 3.8) is 0 Å². The van der Waals surface area contributed by atoms with Crippen LogP contribution >= 0.6 is 0 Å². The third-order valence-electron chi connectivity index (χ3n) is 2.33. The Morgan fingerprint density at radius 2 is 1.82 bits per heavy atom. The SMILES string of the molecule is COc1ncc(-c2ccc(C)nc2)c(OC)n1. The van der Waals surface area contributed by atoms with E-state index in [0.29, 0.717) is 5.88 Å². The van der Waals surface area contributed by atoms with Gasteiger partial charge in [-0.15, -0.1) is 0 Å². The number of nitrogens with zero attached hydrogens (tertiary/aromatic N) is 3. The van der Waals surface area contributed by atoms with Crippen LogP contribution in [-0.4, -0.2) is 29.2 Å². The van der Waals surface area contributed by atoms with Gasteiger partial charge in [0.2, 0.25) is 5.88 Å². The van der Waals surface area contributed by atoms with Crippen molar-refractivity contribution < 1.29 is 9.47 Å². The molecule has 0 aliphatic rings. The molecule has 0 amide bonds. The number of pyridine rings is 1. The predicted molar refractivity (Wildman–Crippen MR) is 63.1 cm³/mol. The van der Waals surface area contributed by atoms with Crippen molar-refractivity contribution in [1.82, 2.24) is 15.0 Å². The highest BCUT2D eigenvalue weighted by Crippen LogP contribution is 2.28. The number of ether oxygens (including phenoxy) is 2. The minimum absolute atomic E-state index is 0.283. The Kier molecular flexibility index (Phi) is 3.18. The van der Waals surface area contributed by atoms with E-state index in [2.05, 4.69) is 15.0 Å². The van der Waals surface area contributed by atoms with E-state index >= 15 is 0 Å². The van der Waals surface area contributed by atoms with Gasteiger partial charge >= 0.3 is 6.01 Å². The first-order valence-electron chi connectivity index (χ1n) is 5.12. The van der Waals surface area contributed by atoms with E-state index in [0.717, 1.165) is 16.8 Å². The minimum atomic E-state index is 0.283. The molecule has 2 rings (SSSR count). The van der Waals surface area contributed by atoms with Crippen molar-refractivity contribution >= 4 is 0 Å². The van der Waals surface area contributed by atoms with Crippen LogP contribution in [0.2, 0.25) is 0 Å². The van der Waals surface area contributed by atoms with Crippen molar-refractivity contribution in [2.75, 3.05) is 14.2 Å². The Balaban J connectivity index is 2.47. The molecule has 0 saturated carbocycles. The summed E-state index contributed by atoms with van der Waals surface area (Å²) in [5, 5.41) is 0. The summed E-state index contributed by atoms with van der Waals surface area (Å²) in [7, 11) is 3.08. The molecule has 0 fully saturated rings. The summed E-state index contributed by atoms with van der Waals surface area (Å²) < 4.78 is 10.2. The van der Waals surface area contributed by atoms with Gasteiger partial charge < -0.3 is 9.47 Å². The summed E-state index contributed by atoms with van der Waals surface area (Å²) in [6, 6.07) is 4.17. The number of aromatic nitrogens is 3. The summed E-state index contributed by atoms with van der Waals surface area (Å²) in [5.74, 6) is 0.475. The fourth-order valence-electron chi connectivity index (χ4n) is 1.43. The average Bonchev–Trinajstić information content (AvgIpc) is 2.39. The molecule has 0 aliphatic carbocycles. The number of methoxy groups -OCH3 is 2. The molecule has 2 aromatic heterocycles. The van der Waals surface area contributed by atoms with Gasteiger partial charge in [-0.1, -0.05) is 6.07 Å². The summed E-state index contributed by atoms with van der Waals surface area (Å²) in [5.41, 5.74) is 2.66. The van der Waals surface area contributed by atoms with Crippen LogP contribution in [-0.2, 0) is 0 Å². The lowest BCUT2D eigenvalue weighted by Crippen LogP contribution is -1.97. The molecule has 0 unspecified atom stereocenters. The molecule has 0 bridgehead atoms. The van der Waals surface area contributed by atoms with Crippen LogP contribution in [0.3, 0.4) is 0 Å². The Labute approximate surface area is 99.5 Å². The fourth-order valence-corrected chi connectivity index (χ4v) is 1.43. The van der Waals surface area contributed by atoms with Gasteiger partial charge in [-0.25, -0.2) is 4.98 Å². The highest BCUT2D eigenvalue weighted by molar-refractivity contribution is 5.67. The lowest BCUT2D eigenvalue weighted by molar-refractivity contribution is 0.353. The van der Waals surface area contributed by atoms with Crippen LogP contribution in [0.15, 0.2) is 24.5 Å². The van der Waals surface area contributed by atoms with Crippen molar-refractivity contribution in [1.29, 1.82) is 0 Å². The van der Waals surface area contributed by atoms with E-state index in [1.165, 1.54) is 7.11 Å². The first kappa shape index (κ1) is 11.3. The second-order valence-electron chi connectivity index (χ2n) is 3.47. The van der Waals surface area contributed by atoms with Crippen LogP contribution < -0.4 is 9.47 Å². The highest BCUT2D eigenvalue weighted by atomic mass is 16.5. The lowest BCUT2D eigenvalue weighted by atomic mass is 10.1. The maximum atomic E-state index is 5.21. The lowest BCUT2D eigenvalue weighted by Gasteiger charge is -2.08. The predicted octanol–water partition coefficient (Wildman–Crippen LogP) is 1.86. The van der Waals surface area contributed by atoms with Gasteiger partial charge in [0.1, 0.15) is 0 Å². The Hall–Kier alpha value is -2.17. The first-order chi connectivity index (χ1) is 8.24. The molecule has 0 radical (unpaired) electrons. The molecule has 5 nitrogen and oxygen atoms in total. The summed E-state index contributed by atoms with van der Waals surface area (Å²) in [4.78, 5) is 12.4. The maximum Gasteiger partial charge on any atom is 0.319 e. The third kappa shape index (κ3) is 2.33. The van der Waals surface area contributed by atoms with Gasteiger partial charge in [0, 0.05) is 23.7 Å². The number of hydrogen-bond acceptors (Lipinski definition) is 5. The van der Waals surface area contributed by atoms with Gasteiger partial charge in [-0.3, -0.25) is 4.98 Å². The minimum Gasteiger partial charge on any atom is -0.480 e. The zero-order valence-electron chi connectivity index (χ0n) is 9.97. The van der Waals surface area contributed by atoms with E-state index in [9.17, 15) is 0 Å². The topological polar surface area (TPSA) is 57.1 Å². The second kappa shape index (κ2) is 4.78. The van der Waals surface area contributed by atoms with E-state index in [1.54, 1.807) is 19.5 Å². The molecule has 0 saturated heterocycles. The third-order valence-corrected chi connectivity index (χ3v) is 2.33. The Morgan fingerprint density at radius 1 is 1.00 bits per heavy atom. The van der Waals surface area contributed by atoms with E-state index in [4.69, 9.17) is 9.47 Å². The molecule has 0 N–H and O–H groups in total. The standard InChI is InChI=1S/C12H13N3O2/c1-8-4-5-9(6-13-8)10-7-14-12(17-3)15-11(10)16-2/h4-7H,1-3H3. The molecule has 0 aromatic carbocycles. The van der Waals surface area contributed by atoms with Crippen LogP contribution in [0.5, 0.6) is 11.9 Å². The quantitative estimate of drug-likeness (QED) is 0.807. The second-order valence-corrected chi connectivity index (χ2v) is 3.47. The number of hydrogen-bond donors (Lipinski definition) is 0. The summed E-state index contributed by atoms with van der Waals surface area (Å²) >= 11 is 0. The molecular weight excluding hydrogens is 218 g/mol. The van der Waals surface area contributed by atoms with Gasteiger partial charge in [0.05, 0.1) is 19.8 Å². The van der Waals surface area contributed by atoms with Crippen molar-refractivity contribution in [2.24, 2.45) is 0 Å². The van der Waals surface area contributed by atoms with Gasteiger partial charge in [-0.2, -0.15) is 4.98 Å². The van der Waals surface area contributed by atoms with Crippen LogP contribution in [0, 0.1) is 6.92 Å². The normalized spacial score (nSPS) is 10.1. The molecule has 0 spiro atoms. The largest absolute Gasteiger partial charge is 0.480 e. The molecule has 0 aliphatic heterocycles. The molecule has 2 heterocycles. The molecule has 0 atom stereocenters. The number of rotatable bonds is 3. The summed E-state index contributed by atoms with van der Waals surface area (Å²) in [6.07, 6.45) is 3.43. The van der Waals surface area contributed by atoms with E-state index in [-0.39, 0.29) is 6.01 Å². The van der Waals surface area contributed by atoms with Gasteiger partial charge in [-0.05, 0) is 13.0 Å². The molecule has 2 aromatic rings.